The number of quaternary nitrogens is 1. The van der Waals surface area contributed by atoms with Crippen molar-refractivity contribution in [1.82, 2.24) is 10.3 Å². The van der Waals surface area contributed by atoms with Crippen LogP contribution in [0.3, 0.4) is 0 Å². The van der Waals surface area contributed by atoms with Crippen LogP contribution in [-0.4, -0.2) is 38.1 Å². The van der Waals surface area contributed by atoms with E-state index in [4.69, 9.17) is 4.98 Å². The minimum absolute atomic E-state index is 0.0558. The second-order valence-electron chi connectivity index (χ2n) is 6.14. The van der Waals surface area contributed by atoms with E-state index in [1.54, 1.807) is 0 Å². The normalized spacial score (nSPS) is 10.8. The van der Waals surface area contributed by atoms with Crippen LogP contribution in [0.1, 0.15) is 9.67 Å². The van der Waals surface area contributed by atoms with Crippen LogP contribution in [0.15, 0.2) is 60.7 Å². The lowest BCUT2D eigenvalue weighted by Crippen LogP contribution is -3.06. The molecule has 0 spiro atoms. The van der Waals surface area contributed by atoms with Crippen LogP contribution in [0, 0.1) is 0 Å². The van der Waals surface area contributed by atoms with Crippen molar-refractivity contribution in [3.63, 3.8) is 0 Å². The van der Waals surface area contributed by atoms with E-state index in [9.17, 15) is 4.79 Å². The van der Waals surface area contributed by atoms with E-state index in [0.29, 0.717) is 11.4 Å². The summed E-state index contributed by atoms with van der Waals surface area (Å²) in [5.74, 6) is -0.0558. The summed E-state index contributed by atoms with van der Waals surface area (Å²) in [5, 5.41) is 3.88. The highest BCUT2D eigenvalue weighted by molar-refractivity contribution is 7.17. The number of rotatable bonds is 6. The summed E-state index contributed by atoms with van der Waals surface area (Å²) in [4.78, 5) is 19.5. The lowest BCUT2D eigenvalue weighted by Gasteiger charge is -2.08. The molecular weight excluding hydrogens is 330 g/mol. The summed E-state index contributed by atoms with van der Waals surface area (Å²) >= 11 is 1.44. The molecule has 3 aromatic rings. The van der Waals surface area contributed by atoms with Gasteiger partial charge in [0, 0.05) is 11.1 Å². The van der Waals surface area contributed by atoms with E-state index < -0.39 is 0 Å². The van der Waals surface area contributed by atoms with Crippen LogP contribution >= 0.6 is 11.3 Å². The Morgan fingerprint density at radius 2 is 1.60 bits per heavy atom. The fourth-order valence-electron chi connectivity index (χ4n) is 2.48. The van der Waals surface area contributed by atoms with Gasteiger partial charge in [-0.3, -0.25) is 4.79 Å². The number of benzene rings is 2. The second-order valence-corrected chi connectivity index (χ2v) is 7.14. The number of amides is 1. The van der Waals surface area contributed by atoms with Crippen molar-refractivity contribution in [3.05, 3.63) is 65.5 Å². The van der Waals surface area contributed by atoms with Gasteiger partial charge in [-0.15, -0.1) is 11.3 Å². The molecule has 0 aliphatic heterocycles. The monoisotopic (exact) mass is 352 g/mol. The predicted molar refractivity (Wildman–Crippen MR) is 103 cm³/mol. The van der Waals surface area contributed by atoms with Crippen LogP contribution in [0.2, 0.25) is 0 Å². The zero-order chi connectivity index (χ0) is 17.6. The van der Waals surface area contributed by atoms with E-state index in [0.717, 1.165) is 28.4 Å². The van der Waals surface area contributed by atoms with Crippen molar-refractivity contribution in [2.45, 2.75) is 0 Å². The second kappa shape index (κ2) is 8.05. The van der Waals surface area contributed by atoms with E-state index in [1.807, 2.05) is 60.7 Å². The molecule has 128 valence electrons. The number of hydrogen-bond acceptors (Lipinski definition) is 3. The highest BCUT2D eigenvalue weighted by atomic mass is 32.1. The van der Waals surface area contributed by atoms with Crippen molar-refractivity contribution < 1.29 is 9.69 Å². The molecule has 0 atom stereocenters. The lowest BCUT2D eigenvalue weighted by molar-refractivity contribution is -0.856. The van der Waals surface area contributed by atoms with E-state index >= 15 is 0 Å². The Labute approximate surface area is 152 Å². The molecular formula is C20H22N3OS+. The maximum absolute atomic E-state index is 12.7. The highest BCUT2D eigenvalue weighted by Crippen LogP contribution is 2.33. The van der Waals surface area contributed by atoms with Crippen LogP contribution in [0.25, 0.3) is 21.8 Å². The van der Waals surface area contributed by atoms with Crippen molar-refractivity contribution in [1.29, 1.82) is 0 Å². The molecule has 0 fully saturated rings. The van der Waals surface area contributed by atoms with Gasteiger partial charge >= 0.3 is 0 Å². The maximum atomic E-state index is 12.7. The van der Waals surface area contributed by atoms with Gasteiger partial charge in [0.2, 0.25) is 0 Å². The smallest absolute Gasteiger partial charge is 0.263 e. The zero-order valence-electron chi connectivity index (χ0n) is 14.5. The van der Waals surface area contributed by atoms with E-state index in [-0.39, 0.29) is 5.91 Å². The van der Waals surface area contributed by atoms with Gasteiger partial charge in [0.15, 0.2) is 0 Å². The molecule has 0 aliphatic rings. The largest absolute Gasteiger partial charge is 0.346 e. The van der Waals surface area contributed by atoms with Crippen molar-refractivity contribution in [2.75, 3.05) is 27.2 Å². The molecule has 0 saturated carbocycles. The number of thiazole rings is 1. The Morgan fingerprint density at radius 1 is 1.00 bits per heavy atom. The Bertz CT molecular complexity index is 829. The number of likely N-dealkylation sites (N-methyl/N-ethyl adjacent to an activating group) is 1. The van der Waals surface area contributed by atoms with Crippen molar-refractivity contribution in [3.8, 4) is 21.8 Å². The third-order valence-corrected chi connectivity index (χ3v) is 4.92. The maximum Gasteiger partial charge on any atom is 0.263 e. The van der Waals surface area contributed by atoms with Gasteiger partial charge in [0.25, 0.3) is 5.91 Å². The van der Waals surface area contributed by atoms with Crippen molar-refractivity contribution in [2.24, 2.45) is 0 Å². The average molecular weight is 352 g/mol. The topological polar surface area (TPSA) is 46.4 Å². The first-order chi connectivity index (χ1) is 12.1. The Hall–Kier alpha value is -2.50. The lowest BCUT2D eigenvalue weighted by atomic mass is 10.1. The molecule has 1 aromatic heterocycles. The molecule has 2 aromatic carbocycles. The third-order valence-electron chi connectivity index (χ3n) is 3.81. The quantitative estimate of drug-likeness (QED) is 0.715. The molecule has 1 heterocycles. The van der Waals surface area contributed by atoms with Gasteiger partial charge < -0.3 is 10.2 Å². The van der Waals surface area contributed by atoms with E-state index in [2.05, 4.69) is 19.4 Å². The van der Waals surface area contributed by atoms with Gasteiger partial charge in [-0.1, -0.05) is 60.7 Å². The molecule has 3 rings (SSSR count). The minimum Gasteiger partial charge on any atom is -0.346 e. The van der Waals surface area contributed by atoms with E-state index in [1.165, 1.54) is 16.2 Å². The standard InChI is InChI=1S/C20H21N3OS/c1-23(2)14-13-21-19(24)18-17(15-9-5-3-6-10-15)22-20(25-18)16-11-7-4-8-12-16/h3-12H,13-14H2,1-2H3,(H,21,24)/p+1. The third kappa shape index (κ3) is 4.32. The Balaban J connectivity index is 1.95. The number of hydrogen-bond donors (Lipinski definition) is 2. The van der Waals surface area contributed by atoms with Crippen LogP contribution < -0.4 is 10.2 Å². The average Bonchev–Trinajstić information content (AvgIpc) is 3.08. The van der Waals surface area contributed by atoms with Gasteiger partial charge in [-0.05, 0) is 0 Å². The molecule has 1 amide bonds. The molecule has 4 nitrogen and oxygen atoms in total. The zero-order valence-corrected chi connectivity index (χ0v) is 15.3. The number of aromatic nitrogens is 1. The van der Waals surface area contributed by atoms with Gasteiger partial charge in [0.1, 0.15) is 9.88 Å². The number of nitrogens with zero attached hydrogens (tertiary/aromatic N) is 1. The summed E-state index contributed by atoms with van der Waals surface area (Å²) in [7, 11) is 4.14. The summed E-state index contributed by atoms with van der Waals surface area (Å²) in [5.41, 5.74) is 2.74. The molecule has 2 N–H and O–H groups in total. The fraction of sp³-hybridized carbons (Fsp3) is 0.200. The SMILES string of the molecule is C[NH+](C)CCNC(=O)c1sc(-c2ccccc2)nc1-c1ccccc1. The number of nitrogens with one attached hydrogen (secondary N) is 2. The van der Waals surface area contributed by atoms with Gasteiger partial charge in [-0.25, -0.2) is 4.98 Å². The van der Waals surface area contributed by atoms with Gasteiger partial charge in [0.05, 0.1) is 32.9 Å². The summed E-state index contributed by atoms with van der Waals surface area (Å²) < 4.78 is 0. The molecule has 0 unspecified atom stereocenters. The Morgan fingerprint density at radius 3 is 2.20 bits per heavy atom. The summed E-state index contributed by atoms with van der Waals surface area (Å²) in [6.45, 7) is 1.53. The molecule has 0 saturated heterocycles. The molecule has 25 heavy (non-hydrogen) atoms. The van der Waals surface area contributed by atoms with Crippen LogP contribution in [-0.2, 0) is 0 Å². The first-order valence-electron chi connectivity index (χ1n) is 8.34. The number of carbonyl (C=O) groups excluding carboxylic acids is 1. The van der Waals surface area contributed by atoms with Crippen LogP contribution in [0.4, 0.5) is 0 Å². The summed E-state index contributed by atoms with van der Waals surface area (Å²) in [6, 6.07) is 19.9. The molecule has 0 aliphatic carbocycles. The minimum atomic E-state index is -0.0558. The number of carbonyl (C=O) groups is 1. The molecule has 5 heteroatoms. The van der Waals surface area contributed by atoms with Crippen LogP contribution in [0.5, 0.6) is 0 Å². The molecule has 0 bridgehead atoms. The predicted octanol–water partition coefficient (Wildman–Crippen LogP) is 2.35. The van der Waals surface area contributed by atoms with Crippen molar-refractivity contribution >= 4 is 17.2 Å². The first-order valence-corrected chi connectivity index (χ1v) is 9.15. The summed E-state index contributed by atoms with van der Waals surface area (Å²) in [6.07, 6.45) is 0. The first kappa shape index (κ1) is 17.3. The fourth-order valence-corrected chi connectivity index (χ4v) is 3.49. The molecule has 0 radical (unpaired) electrons. The highest BCUT2D eigenvalue weighted by Gasteiger charge is 2.20. The van der Waals surface area contributed by atoms with Gasteiger partial charge in [-0.2, -0.15) is 0 Å². The Kier molecular flexibility index (Phi) is 5.58.